The summed E-state index contributed by atoms with van der Waals surface area (Å²) in [5.74, 6) is -1.12. The number of aryl methyl sites for hydroxylation is 1. The maximum Gasteiger partial charge on any atom is 0.367 e. The van der Waals surface area contributed by atoms with Crippen LogP contribution in [-0.4, -0.2) is 29.9 Å². The number of carbonyl (C=O) groups is 2. The van der Waals surface area contributed by atoms with E-state index in [0.717, 1.165) is 0 Å². The maximum absolute atomic E-state index is 11.7. The Bertz CT molecular complexity index is 763. The minimum Gasteiger partial charge on any atom is -0.469 e. The number of esters is 1. The van der Waals surface area contributed by atoms with E-state index in [0.29, 0.717) is 17.0 Å². The summed E-state index contributed by atoms with van der Waals surface area (Å²) in [6.07, 6.45) is 2.78. The smallest absolute Gasteiger partial charge is 0.367 e. The molecule has 0 atom stereocenters. The molecule has 0 amide bonds. The first kappa shape index (κ1) is 15.5. The molecule has 1 aliphatic heterocycles. The molecule has 0 spiro atoms. The van der Waals surface area contributed by atoms with Crippen molar-refractivity contribution in [2.24, 2.45) is 5.16 Å². The molecule has 116 valence electrons. The van der Waals surface area contributed by atoms with E-state index in [9.17, 15) is 14.4 Å². The Labute approximate surface area is 125 Å². The van der Waals surface area contributed by atoms with Crippen molar-refractivity contribution in [2.45, 2.75) is 20.3 Å². The molecule has 0 saturated carbocycles. The molecule has 0 aliphatic carbocycles. The molecule has 0 unspecified atom stereocenters. The minimum atomic E-state index is -0.606. The highest BCUT2D eigenvalue weighted by Gasteiger charge is 2.22. The van der Waals surface area contributed by atoms with Gasteiger partial charge in [0.05, 0.1) is 36.1 Å². The van der Waals surface area contributed by atoms with Gasteiger partial charge in [-0.05, 0) is 25.5 Å². The van der Waals surface area contributed by atoms with Crippen LogP contribution in [0.4, 0.5) is 0 Å². The van der Waals surface area contributed by atoms with E-state index in [1.54, 1.807) is 13.8 Å². The molecular weight excluding hydrogens is 292 g/mol. The molecular formula is C14H14N2O6. The van der Waals surface area contributed by atoms with Gasteiger partial charge in [-0.1, -0.05) is 11.2 Å². The maximum atomic E-state index is 11.7. The molecule has 0 bridgehead atoms. The highest BCUT2D eigenvalue weighted by Crippen LogP contribution is 2.20. The van der Waals surface area contributed by atoms with Crippen LogP contribution >= 0.6 is 0 Å². The number of nitrogens with zero attached hydrogens (tertiary/aromatic N) is 1. The van der Waals surface area contributed by atoms with Gasteiger partial charge >= 0.3 is 17.6 Å². The molecule has 1 aromatic heterocycles. The van der Waals surface area contributed by atoms with E-state index in [1.165, 1.54) is 19.3 Å². The number of aromatic amines is 1. The molecule has 8 heteroatoms. The zero-order valence-corrected chi connectivity index (χ0v) is 12.3. The second kappa shape index (κ2) is 6.25. The number of allylic oxidation sites excluding steroid dienone is 2. The molecule has 0 radical (unpaired) electrons. The van der Waals surface area contributed by atoms with Crippen LogP contribution in [-0.2, 0) is 19.2 Å². The molecule has 0 saturated heterocycles. The Morgan fingerprint density at radius 1 is 1.36 bits per heavy atom. The second-order valence-corrected chi connectivity index (χ2v) is 4.57. The first-order valence-electron chi connectivity index (χ1n) is 6.36. The van der Waals surface area contributed by atoms with Gasteiger partial charge in [-0.2, -0.15) is 0 Å². The van der Waals surface area contributed by atoms with Crippen LogP contribution in [0.1, 0.15) is 24.6 Å². The van der Waals surface area contributed by atoms with Crippen LogP contribution in [0.3, 0.4) is 0 Å². The van der Waals surface area contributed by atoms with Gasteiger partial charge in [0.2, 0.25) is 0 Å². The number of carbonyl (C=O) groups excluding carboxylic acids is 2. The van der Waals surface area contributed by atoms with Crippen molar-refractivity contribution in [1.29, 1.82) is 0 Å². The van der Waals surface area contributed by atoms with Crippen LogP contribution in [0.5, 0.6) is 0 Å². The number of rotatable bonds is 4. The zero-order chi connectivity index (χ0) is 16.3. The largest absolute Gasteiger partial charge is 0.469 e. The zero-order valence-electron chi connectivity index (χ0n) is 12.3. The summed E-state index contributed by atoms with van der Waals surface area (Å²) in [5.41, 5.74) is 1.11. The molecule has 1 N–H and O–H groups in total. The SMILES string of the molecule is COC(=O)CC(=CC=C1C(=O)ON=C1C)c1c(C)[nH]oc1=O. The molecule has 2 heterocycles. The molecule has 1 aromatic rings. The predicted octanol–water partition coefficient (Wildman–Crippen LogP) is 1.08. The minimum absolute atomic E-state index is 0.144. The summed E-state index contributed by atoms with van der Waals surface area (Å²) in [4.78, 5) is 39.3. The van der Waals surface area contributed by atoms with Crippen LogP contribution in [0.15, 0.2) is 32.2 Å². The normalized spacial score (nSPS) is 16.7. The van der Waals surface area contributed by atoms with Gasteiger partial charge in [-0.3, -0.25) is 4.79 Å². The van der Waals surface area contributed by atoms with Gasteiger partial charge in [-0.15, -0.1) is 0 Å². The molecule has 2 rings (SSSR count). The Hall–Kier alpha value is -2.90. The van der Waals surface area contributed by atoms with Crippen LogP contribution in [0.25, 0.3) is 5.57 Å². The average Bonchev–Trinajstić information content (AvgIpc) is 2.98. The summed E-state index contributed by atoms with van der Waals surface area (Å²) < 4.78 is 9.31. The monoisotopic (exact) mass is 306 g/mol. The predicted molar refractivity (Wildman–Crippen MR) is 76.0 cm³/mol. The Kier molecular flexibility index (Phi) is 4.40. The Morgan fingerprint density at radius 2 is 2.09 bits per heavy atom. The highest BCUT2D eigenvalue weighted by molar-refractivity contribution is 6.21. The van der Waals surface area contributed by atoms with Gasteiger partial charge in [0.25, 0.3) is 0 Å². The molecule has 1 aliphatic rings. The number of H-pyrrole nitrogens is 1. The fourth-order valence-corrected chi connectivity index (χ4v) is 1.94. The third-order valence-electron chi connectivity index (χ3n) is 3.09. The van der Waals surface area contributed by atoms with E-state index < -0.39 is 17.6 Å². The summed E-state index contributed by atoms with van der Waals surface area (Å²) in [7, 11) is 1.25. The topological polar surface area (TPSA) is 111 Å². The van der Waals surface area contributed by atoms with Gasteiger partial charge in [0, 0.05) is 0 Å². The Balaban J connectivity index is 2.45. The van der Waals surface area contributed by atoms with E-state index >= 15 is 0 Å². The van der Waals surface area contributed by atoms with Gasteiger partial charge in [0.15, 0.2) is 0 Å². The number of hydrogen-bond acceptors (Lipinski definition) is 7. The molecule has 0 aromatic carbocycles. The summed E-state index contributed by atoms with van der Waals surface area (Å²) in [5, 5.41) is 5.98. The quantitative estimate of drug-likeness (QED) is 0.506. The first-order valence-corrected chi connectivity index (χ1v) is 6.36. The summed E-state index contributed by atoms with van der Waals surface area (Å²) >= 11 is 0. The standard InChI is InChI=1S/C14H14N2O6/c1-7-10(13(18)21-15-7)5-4-9(6-11(17)20-3)12-8(2)16-22-14(12)19/h4-5,16H,6H2,1-3H3. The van der Waals surface area contributed by atoms with Crippen molar-refractivity contribution in [3.05, 3.63) is 39.4 Å². The fraction of sp³-hybridized carbons (Fsp3) is 0.286. The second-order valence-electron chi connectivity index (χ2n) is 4.57. The van der Waals surface area contributed by atoms with Crippen molar-refractivity contribution < 1.29 is 23.7 Å². The van der Waals surface area contributed by atoms with E-state index in [2.05, 4.69) is 19.9 Å². The number of oxime groups is 1. The lowest BCUT2D eigenvalue weighted by molar-refractivity contribution is -0.139. The Morgan fingerprint density at radius 3 is 2.59 bits per heavy atom. The third kappa shape index (κ3) is 3.05. The fourth-order valence-electron chi connectivity index (χ4n) is 1.94. The first-order chi connectivity index (χ1) is 10.4. The van der Waals surface area contributed by atoms with Gasteiger partial charge in [0.1, 0.15) is 0 Å². The van der Waals surface area contributed by atoms with Crippen molar-refractivity contribution in [3.63, 3.8) is 0 Å². The average molecular weight is 306 g/mol. The van der Waals surface area contributed by atoms with Crippen molar-refractivity contribution in [2.75, 3.05) is 7.11 Å². The summed E-state index contributed by atoms with van der Waals surface area (Å²) in [6, 6.07) is 0. The highest BCUT2D eigenvalue weighted by atomic mass is 16.7. The van der Waals surface area contributed by atoms with Crippen LogP contribution in [0, 0.1) is 6.92 Å². The number of aromatic nitrogens is 1. The molecule has 0 fully saturated rings. The van der Waals surface area contributed by atoms with E-state index in [1.807, 2.05) is 0 Å². The lowest BCUT2D eigenvalue weighted by Gasteiger charge is -2.03. The van der Waals surface area contributed by atoms with Crippen molar-refractivity contribution >= 4 is 23.2 Å². The van der Waals surface area contributed by atoms with Crippen LogP contribution in [0.2, 0.25) is 0 Å². The number of hydrogen-bond donors (Lipinski definition) is 1. The number of ether oxygens (including phenoxy) is 1. The third-order valence-corrected chi connectivity index (χ3v) is 3.09. The number of nitrogens with one attached hydrogen (secondary N) is 1. The van der Waals surface area contributed by atoms with Gasteiger partial charge < -0.3 is 14.1 Å². The lowest BCUT2D eigenvalue weighted by atomic mass is 10.0. The van der Waals surface area contributed by atoms with Crippen LogP contribution < -0.4 is 5.63 Å². The van der Waals surface area contributed by atoms with E-state index in [-0.39, 0.29) is 17.6 Å². The molecule has 8 nitrogen and oxygen atoms in total. The lowest BCUT2D eigenvalue weighted by Crippen LogP contribution is -2.08. The molecule has 22 heavy (non-hydrogen) atoms. The number of methoxy groups -OCH3 is 1. The van der Waals surface area contributed by atoms with Gasteiger partial charge in [-0.25, -0.2) is 14.7 Å². The van der Waals surface area contributed by atoms with Crippen molar-refractivity contribution in [3.8, 4) is 0 Å². The summed E-state index contributed by atoms with van der Waals surface area (Å²) in [6.45, 7) is 3.25. The van der Waals surface area contributed by atoms with Crippen molar-refractivity contribution in [1.82, 2.24) is 5.16 Å². The van der Waals surface area contributed by atoms with E-state index in [4.69, 9.17) is 4.52 Å².